The van der Waals surface area contributed by atoms with Gasteiger partial charge >= 0.3 is 12.1 Å². The van der Waals surface area contributed by atoms with Crippen molar-refractivity contribution in [1.29, 1.82) is 0 Å². The van der Waals surface area contributed by atoms with E-state index >= 15 is 0 Å². The van der Waals surface area contributed by atoms with Crippen molar-refractivity contribution in [1.82, 2.24) is 10.6 Å². The number of nitrogens with zero attached hydrogens (tertiary/aromatic N) is 1. The number of urea groups is 2. The average Bonchev–Trinajstić information content (AvgIpc) is 3.19. The largest absolute Gasteiger partial charge is 0.338 e. The van der Waals surface area contributed by atoms with Gasteiger partial charge < -0.3 is 16.0 Å². The molecule has 0 spiro atoms. The molecule has 1 fully saturated rings. The van der Waals surface area contributed by atoms with Crippen LogP contribution in [0.25, 0.3) is 0 Å². The standard InChI is InChI=1S/C16H18N4O2S/c21-15(17-7-6-14-5-2-10-23-14)19-12-3-1-4-13(11-12)20-9-8-18-16(20)22/h1-5,10-11H,6-9H2,(H,18,22)(H2,17,19,21). The highest BCUT2D eigenvalue weighted by Crippen LogP contribution is 2.20. The molecule has 0 unspecified atom stereocenters. The van der Waals surface area contributed by atoms with Crippen molar-refractivity contribution in [3.63, 3.8) is 0 Å². The minimum absolute atomic E-state index is 0.109. The quantitative estimate of drug-likeness (QED) is 0.788. The molecular weight excluding hydrogens is 312 g/mol. The van der Waals surface area contributed by atoms with E-state index in [1.165, 1.54) is 4.88 Å². The van der Waals surface area contributed by atoms with E-state index < -0.39 is 0 Å². The third kappa shape index (κ3) is 4.01. The normalized spacial score (nSPS) is 13.7. The number of thiophene rings is 1. The molecule has 3 N–H and O–H groups in total. The first kappa shape index (κ1) is 15.4. The van der Waals surface area contributed by atoms with Crippen LogP contribution in [0.15, 0.2) is 41.8 Å². The molecule has 1 aromatic carbocycles. The number of hydrogen-bond acceptors (Lipinski definition) is 3. The highest BCUT2D eigenvalue weighted by atomic mass is 32.1. The fourth-order valence-electron chi connectivity index (χ4n) is 2.40. The molecule has 1 aliphatic heterocycles. The maximum atomic E-state index is 11.9. The van der Waals surface area contributed by atoms with E-state index in [0.29, 0.717) is 25.3 Å². The lowest BCUT2D eigenvalue weighted by molar-refractivity contribution is 0.251. The Morgan fingerprint density at radius 2 is 2.22 bits per heavy atom. The Morgan fingerprint density at radius 3 is 2.96 bits per heavy atom. The number of carbonyl (C=O) groups is 2. The molecule has 6 nitrogen and oxygen atoms in total. The predicted octanol–water partition coefficient (Wildman–Crippen LogP) is 2.64. The Labute approximate surface area is 138 Å². The zero-order chi connectivity index (χ0) is 16.1. The van der Waals surface area contributed by atoms with Gasteiger partial charge in [-0.2, -0.15) is 0 Å². The van der Waals surface area contributed by atoms with Crippen LogP contribution in [0.1, 0.15) is 4.88 Å². The molecule has 1 aliphatic rings. The SMILES string of the molecule is O=C(NCCc1cccs1)Nc1cccc(N2CCNC2=O)c1. The molecule has 1 aromatic heterocycles. The first-order valence-corrected chi connectivity index (χ1v) is 8.33. The van der Waals surface area contributed by atoms with Gasteiger partial charge in [-0.3, -0.25) is 4.90 Å². The number of rotatable bonds is 5. The van der Waals surface area contributed by atoms with Crippen LogP contribution in [0.4, 0.5) is 21.0 Å². The molecule has 3 rings (SSSR count). The Hall–Kier alpha value is -2.54. The second kappa shape index (κ2) is 7.15. The molecule has 1 saturated heterocycles. The van der Waals surface area contributed by atoms with E-state index in [0.717, 1.165) is 12.1 Å². The number of anilines is 2. The Morgan fingerprint density at radius 1 is 1.30 bits per heavy atom. The van der Waals surface area contributed by atoms with Gasteiger partial charge in [-0.1, -0.05) is 12.1 Å². The van der Waals surface area contributed by atoms with Crippen molar-refractivity contribution >= 4 is 34.8 Å². The third-order valence-electron chi connectivity index (χ3n) is 3.51. The molecule has 2 heterocycles. The van der Waals surface area contributed by atoms with Crippen molar-refractivity contribution in [3.8, 4) is 0 Å². The van der Waals surface area contributed by atoms with Crippen LogP contribution in [0.3, 0.4) is 0 Å². The fourth-order valence-corrected chi connectivity index (χ4v) is 3.11. The topological polar surface area (TPSA) is 73.5 Å². The highest BCUT2D eigenvalue weighted by Gasteiger charge is 2.21. The first-order chi connectivity index (χ1) is 11.2. The van der Waals surface area contributed by atoms with Gasteiger partial charge in [-0.05, 0) is 36.1 Å². The molecule has 7 heteroatoms. The molecule has 0 radical (unpaired) electrons. The summed E-state index contributed by atoms with van der Waals surface area (Å²) in [6.45, 7) is 1.86. The second-order valence-corrected chi connectivity index (χ2v) is 6.18. The summed E-state index contributed by atoms with van der Waals surface area (Å²) in [7, 11) is 0. The number of nitrogens with one attached hydrogen (secondary N) is 3. The van der Waals surface area contributed by atoms with Crippen molar-refractivity contribution in [2.24, 2.45) is 0 Å². The van der Waals surface area contributed by atoms with Crippen LogP contribution in [0, 0.1) is 0 Å². The summed E-state index contributed by atoms with van der Waals surface area (Å²) in [4.78, 5) is 26.5. The van der Waals surface area contributed by atoms with E-state index in [9.17, 15) is 9.59 Å². The molecule has 0 bridgehead atoms. The van der Waals surface area contributed by atoms with E-state index in [1.807, 2.05) is 23.6 Å². The molecule has 23 heavy (non-hydrogen) atoms. The molecule has 4 amide bonds. The Balaban J connectivity index is 1.53. The van der Waals surface area contributed by atoms with Crippen LogP contribution < -0.4 is 20.9 Å². The van der Waals surface area contributed by atoms with Crippen LogP contribution in [-0.4, -0.2) is 31.7 Å². The van der Waals surface area contributed by atoms with E-state index in [1.54, 1.807) is 28.4 Å². The van der Waals surface area contributed by atoms with Gasteiger partial charge in [0.25, 0.3) is 0 Å². The molecule has 0 aliphatic carbocycles. The monoisotopic (exact) mass is 330 g/mol. The minimum atomic E-state index is -0.246. The maximum absolute atomic E-state index is 11.9. The average molecular weight is 330 g/mol. The molecular formula is C16H18N4O2S. The van der Waals surface area contributed by atoms with Gasteiger partial charge in [0.1, 0.15) is 0 Å². The lowest BCUT2D eigenvalue weighted by atomic mass is 10.2. The summed E-state index contributed by atoms with van der Waals surface area (Å²) in [6, 6.07) is 11.0. The molecule has 0 saturated carbocycles. The number of carbonyl (C=O) groups excluding carboxylic acids is 2. The lowest BCUT2D eigenvalue weighted by Gasteiger charge is -2.15. The van der Waals surface area contributed by atoms with Gasteiger partial charge in [0.05, 0.1) is 0 Å². The van der Waals surface area contributed by atoms with E-state index in [2.05, 4.69) is 22.0 Å². The van der Waals surface area contributed by atoms with Crippen molar-refractivity contribution in [2.45, 2.75) is 6.42 Å². The maximum Gasteiger partial charge on any atom is 0.321 e. The minimum Gasteiger partial charge on any atom is -0.338 e. The van der Waals surface area contributed by atoms with Crippen molar-refractivity contribution in [3.05, 3.63) is 46.7 Å². The first-order valence-electron chi connectivity index (χ1n) is 7.45. The van der Waals surface area contributed by atoms with E-state index in [4.69, 9.17) is 0 Å². The van der Waals surface area contributed by atoms with Crippen molar-refractivity contribution in [2.75, 3.05) is 29.9 Å². The van der Waals surface area contributed by atoms with Crippen LogP contribution in [0.2, 0.25) is 0 Å². The molecule has 0 atom stereocenters. The second-order valence-electron chi connectivity index (χ2n) is 5.14. The Bertz CT molecular complexity index is 687. The smallest absolute Gasteiger partial charge is 0.321 e. The summed E-state index contributed by atoms with van der Waals surface area (Å²) in [5.74, 6) is 0. The zero-order valence-corrected chi connectivity index (χ0v) is 13.4. The van der Waals surface area contributed by atoms with Gasteiger partial charge in [0, 0.05) is 35.9 Å². The number of benzene rings is 1. The highest BCUT2D eigenvalue weighted by molar-refractivity contribution is 7.09. The summed E-state index contributed by atoms with van der Waals surface area (Å²) >= 11 is 1.68. The van der Waals surface area contributed by atoms with Crippen LogP contribution >= 0.6 is 11.3 Å². The van der Waals surface area contributed by atoms with Gasteiger partial charge in [-0.15, -0.1) is 11.3 Å². The van der Waals surface area contributed by atoms with Crippen LogP contribution in [0.5, 0.6) is 0 Å². The van der Waals surface area contributed by atoms with E-state index in [-0.39, 0.29) is 12.1 Å². The summed E-state index contributed by atoms with van der Waals surface area (Å²) in [5.41, 5.74) is 1.44. The summed E-state index contributed by atoms with van der Waals surface area (Å²) in [6.07, 6.45) is 0.819. The van der Waals surface area contributed by atoms with Crippen LogP contribution in [-0.2, 0) is 6.42 Å². The van der Waals surface area contributed by atoms with Gasteiger partial charge in [0.15, 0.2) is 0 Å². The number of amides is 4. The fraction of sp³-hybridized carbons (Fsp3) is 0.250. The summed E-state index contributed by atoms with van der Waals surface area (Å²) < 4.78 is 0. The van der Waals surface area contributed by atoms with Gasteiger partial charge in [0.2, 0.25) is 0 Å². The third-order valence-corrected chi connectivity index (χ3v) is 4.45. The van der Waals surface area contributed by atoms with Crippen molar-refractivity contribution < 1.29 is 9.59 Å². The van der Waals surface area contributed by atoms with Gasteiger partial charge in [-0.25, -0.2) is 9.59 Å². The summed E-state index contributed by atoms with van der Waals surface area (Å²) in [5, 5.41) is 10.4. The predicted molar refractivity (Wildman–Crippen MR) is 92.2 cm³/mol. The Kier molecular flexibility index (Phi) is 4.77. The lowest BCUT2D eigenvalue weighted by Crippen LogP contribution is -2.30. The molecule has 2 aromatic rings. The molecule has 120 valence electrons. The number of hydrogen-bond donors (Lipinski definition) is 3. The zero-order valence-electron chi connectivity index (χ0n) is 12.5.